The molecule has 164 valence electrons. The highest BCUT2D eigenvalue weighted by atomic mass is 16.8. The lowest BCUT2D eigenvalue weighted by atomic mass is 9.86. The quantitative estimate of drug-likeness (QED) is 0.204. The summed E-state index contributed by atoms with van der Waals surface area (Å²) >= 11 is 0. The Morgan fingerprint density at radius 3 is 2.32 bits per heavy atom. The molecule has 1 heterocycles. The van der Waals surface area contributed by atoms with Crippen LogP contribution < -0.4 is 0 Å². The Morgan fingerprint density at radius 2 is 1.84 bits per heavy atom. The number of hydrogen-bond acceptors (Lipinski definition) is 6. The van der Waals surface area contributed by atoms with Gasteiger partial charge in [0.05, 0.1) is 5.69 Å². The van der Waals surface area contributed by atoms with Gasteiger partial charge in [0.25, 0.3) is 0 Å². The zero-order valence-corrected chi connectivity index (χ0v) is 19.0. The highest BCUT2D eigenvalue weighted by Gasteiger charge is 2.22. The second-order valence-corrected chi connectivity index (χ2v) is 8.08. The lowest BCUT2D eigenvalue weighted by Crippen LogP contribution is -2.12. The molecule has 0 spiro atoms. The first kappa shape index (κ1) is 23.7. The second kappa shape index (κ2) is 9.98. The summed E-state index contributed by atoms with van der Waals surface area (Å²) < 4.78 is 17.2. The molecule has 7 nitrogen and oxygen atoms in total. The van der Waals surface area contributed by atoms with Crippen molar-refractivity contribution in [1.82, 2.24) is 9.78 Å². The van der Waals surface area contributed by atoms with E-state index in [-0.39, 0.29) is 17.8 Å². The second-order valence-electron chi connectivity index (χ2n) is 8.08. The molecule has 1 aromatic heterocycles. The van der Waals surface area contributed by atoms with Crippen LogP contribution in [0.4, 0.5) is 4.79 Å². The van der Waals surface area contributed by atoms with Gasteiger partial charge in [-0.15, -0.1) is 0 Å². The van der Waals surface area contributed by atoms with E-state index in [1.807, 2.05) is 38.1 Å². The lowest BCUT2D eigenvalue weighted by molar-refractivity contribution is -0.00151. The fourth-order valence-corrected chi connectivity index (χ4v) is 3.03. The van der Waals surface area contributed by atoms with Crippen LogP contribution in [0.1, 0.15) is 48.8 Å². The van der Waals surface area contributed by atoms with Gasteiger partial charge in [0.15, 0.2) is 5.76 Å². The molecular weight excluding hydrogens is 394 g/mol. The minimum Gasteiger partial charge on any atom is -0.454 e. The number of benzene rings is 1. The Bertz CT molecular complexity index is 1020. The molecule has 0 saturated carbocycles. The standard InChI is InChI=1S/C24H29N3O4/c1-8-13-29-23(28)31-15-30-22(21-16(2)17(3)26-27(21)7)20(14-25)18-9-11-19(12-10-18)24(4,5)6/h8-12H,1,13,15H2,2-7H3/b22-20-. The van der Waals surface area contributed by atoms with Gasteiger partial charge in [-0.2, -0.15) is 10.4 Å². The average molecular weight is 424 g/mol. The summed E-state index contributed by atoms with van der Waals surface area (Å²) in [5, 5.41) is 14.4. The van der Waals surface area contributed by atoms with E-state index >= 15 is 0 Å². The molecule has 7 heteroatoms. The molecule has 0 bridgehead atoms. The van der Waals surface area contributed by atoms with E-state index in [0.717, 1.165) is 16.8 Å². The van der Waals surface area contributed by atoms with Crippen molar-refractivity contribution in [2.75, 3.05) is 13.4 Å². The van der Waals surface area contributed by atoms with Crippen molar-refractivity contribution in [3.8, 4) is 6.07 Å². The number of nitriles is 1. The SMILES string of the molecule is C=CCOC(=O)OCO/C(=C(/C#N)c1ccc(C(C)(C)C)cc1)c1c(C)c(C)nn1C. The number of carbonyl (C=O) groups is 1. The molecule has 0 unspecified atom stereocenters. The molecule has 0 aliphatic carbocycles. The molecule has 0 N–H and O–H groups in total. The van der Waals surface area contributed by atoms with E-state index in [1.54, 1.807) is 11.7 Å². The molecule has 0 radical (unpaired) electrons. The van der Waals surface area contributed by atoms with Crippen LogP contribution in [0, 0.1) is 25.2 Å². The summed E-state index contributed by atoms with van der Waals surface area (Å²) in [6.45, 7) is 13.3. The highest BCUT2D eigenvalue weighted by molar-refractivity contribution is 5.94. The van der Waals surface area contributed by atoms with Crippen molar-refractivity contribution in [2.45, 2.75) is 40.0 Å². The van der Waals surface area contributed by atoms with Crippen LogP contribution in [0.3, 0.4) is 0 Å². The number of aromatic nitrogens is 2. The first-order valence-electron chi connectivity index (χ1n) is 9.89. The van der Waals surface area contributed by atoms with Crippen molar-refractivity contribution in [1.29, 1.82) is 5.26 Å². The number of nitrogens with zero attached hydrogens (tertiary/aromatic N) is 3. The molecule has 0 amide bonds. The van der Waals surface area contributed by atoms with Crippen LogP contribution in [-0.2, 0) is 26.7 Å². The minimum absolute atomic E-state index is 0.0102. The maximum absolute atomic E-state index is 11.6. The summed E-state index contributed by atoms with van der Waals surface area (Å²) in [5.41, 5.74) is 4.46. The van der Waals surface area contributed by atoms with E-state index in [1.165, 1.54) is 6.08 Å². The zero-order valence-electron chi connectivity index (χ0n) is 19.0. The number of rotatable bonds is 7. The fourth-order valence-electron chi connectivity index (χ4n) is 3.03. The Morgan fingerprint density at radius 1 is 1.19 bits per heavy atom. The monoisotopic (exact) mass is 423 g/mol. The smallest absolute Gasteiger partial charge is 0.454 e. The molecule has 31 heavy (non-hydrogen) atoms. The molecule has 0 saturated heterocycles. The molecule has 0 aliphatic rings. The van der Waals surface area contributed by atoms with Crippen molar-refractivity contribution in [3.63, 3.8) is 0 Å². The van der Waals surface area contributed by atoms with Crippen LogP contribution in [0.25, 0.3) is 11.3 Å². The predicted octanol–water partition coefficient (Wildman–Crippen LogP) is 5.04. The Labute approximate surface area is 183 Å². The molecule has 2 aromatic rings. The topological polar surface area (TPSA) is 86.4 Å². The van der Waals surface area contributed by atoms with Gasteiger partial charge in [0.1, 0.15) is 23.9 Å². The number of hydrogen-bond donors (Lipinski definition) is 0. The highest BCUT2D eigenvalue weighted by Crippen LogP contribution is 2.31. The largest absolute Gasteiger partial charge is 0.511 e. The maximum atomic E-state index is 11.6. The van der Waals surface area contributed by atoms with E-state index < -0.39 is 12.9 Å². The first-order chi connectivity index (χ1) is 14.6. The molecule has 0 fully saturated rings. The zero-order chi connectivity index (χ0) is 23.2. The van der Waals surface area contributed by atoms with Gasteiger partial charge in [0.2, 0.25) is 6.79 Å². The van der Waals surface area contributed by atoms with Gasteiger partial charge in [-0.05, 0) is 30.4 Å². The van der Waals surface area contributed by atoms with Gasteiger partial charge in [-0.3, -0.25) is 4.68 Å². The summed E-state index contributed by atoms with van der Waals surface area (Å²) in [4.78, 5) is 11.6. The van der Waals surface area contributed by atoms with Crippen molar-refractivity contribution >= 4 is 17.5 Å². The summed E-state index contributed by atoms with van der Waals surface area (Å²) in [6, 6.07) is 10.0. The molecule has 0 aliphatic heterocycles. The van der Waals surface area contributed by atoms with Crippen LogP contribution >= 0.6 is 0 Å². The number of ether oxygens (including phenoxy) is 3. The van der Waals surface area contributed by atoms with E-state index in [2.05, 4.69) is 38.5 Å². The van der Waals surface area contributed by atoms with Gasteiger partial charge in [0, 0.05) is 12.6 Å². The Balaban J connectivity index is 2.48. The van der Waals surface area contributed by atoms with Crippen molar-refractivity contribution in [2.24, 2.45) is 7.05 Å². The third kappa shape index (κ3) is 5.76. The number of allylic oxidation sites excluding steroid dienone is 1. The van der Waals surface area contributed by atoms with Crippen LogP contribution in [0.5, 0.6) is 0 Å². The maximum Gasteiger partial charge on any atom is 0.511 e. The Kier molecular flexibility index (Phi) is 7.65. The van der Waals surface area contributed by atoms with Crippen molar-refractivity contribution < 1.29 is 19.0 Å². The average Bonchev–Trinajstić information content (AvgIpc) is 2.97. The number of aryl methyl sites for hydroxylation is 2. The van der Waals surface area contributed by atoms with Crippen LogP contribution in [-0.4, -0.2) is 29.3 Å². The van der Waals surface area contributed by atoms with Gasteiger partial charge in [-0.1, -0.05) is 57.7 Å². The first-order valence-corrected chi connectivity index (χ1v) is 9.89. The predicted molar refractivity (Wildman–Crippen MR) is 119 cm³/mol. The van der Waals surface area contributed by atoms with Gasteiger partial charge in [-0.25, -0.2) is 4.79 Å². The normalized spacial score (nSPS) is 11.9. The van der Waals surface area contributed by atoms with Crippen LogP contribution in [0.15, 0.2) is 36.9 Å². The molecule has 1 aromatic carbocycles. The molecule has 2 rings (SSSR count). The number of carbonyl (C=O) groups excluding carboxylic acids is 1. The van der Waals surface area contributed by atoms with E-state index in [4.69, 9.17) is 14.2 Å². The van der Waals surface area contributed by atoms with Crippen LogP contribution in [0.2, 0.25) is 0 Å². The van der Waals surface area contributed by atoms with Gasteiger partial charge < -0.3 is 14.2 Å². The summed E-state index contributed by atoms with van der Waals surface area (Å²) in [5.74, 6) is 0.281. The summed E-state index contributed by atoms with van der Waals surface area (Å²) in [7, 11) is 1.77. The Hall–Kier alpha value is -3.53. The van der Waals surface area contributed by atoms with E-state index in [0.29, 0.717) is 16.8 Å². The summed E-state index contributed by atoms with van der Waals surface area (Å²) in [6.07, 6.45) is 0.551. The van der Waals surface area contributed by atoms with Crippen molar-refractivity contribution in [3.05, 3.63) is 65.0 Å². The van der Waals surface area contributed by atoms with E-state index in [9.17, 15) is 10.1 Å². The minimum atomic E-state index is -0.884. The third-order valence-corrected chi connectivity index (χ3v) is 4.81. The fraction of sp³-hybridized carbons (Fsp3) is 0.375. The molecule has 0 atom stereocenters. The molecular formula is C24H29N3O4. The lowest BCUT2D eigenvalue weighted by Gasteiger charge is -2.19. The van der Waals surface area contributed by atoms with Gasteiger partial charge >= 0.3 is 6.16 Å². The third-order valence-electron chi connectivity index (χ3n) is 4.81.